The number of primary amides is 1. The summed E-state index contributed by atoms with van der Waals surface area (Å²) in [5.74, 6) is -0.273. The Morgan fingerprint density at radius 2 is 1.73 bits per heavy atom. The average molecular weight is 419 g/mol. The van der Waals surface area contributed by atoms with Gasteiger partial charge in [-0.05, 0) is 47.9 Å². The summed E-state index contributed by atoms with van der Waals surface area (Å²) in [5, 5.41) is 2.06. The molecule has 0 aliphatic carbocycles. The summed E-state index contributed by atoms with van der Waals surface area (Å²) < 4.78 is 0. The van der Waals surface area contributed by atoms with Gasteiger partial charge in [0.25, 0.3) is 0 Å². The molecule has 0 spiro atoms. The Balaban J connectivity index is 1.45. The van der Waals surface area contributed by atoms with Crippen molar-refractivity contribution in [2.24, 2.45) is 11.1 Å². The van der Waals surface area contributed by atoms with Gasteiger partial charge in [0, 0.05) is 18.0 Å². The van der Waals surface area contributed by atoms with Crippen LogP contribution in [0.2, 0.25) is 0 Å². The smallest absolute Gasteiger partial charge is 0.227 e. The first kappa shape index (κ1) is 20.4. The second kappa shape index (κ2) is 8.44. The third-order valence-corrected chi connectivity index (χ3v) is 6.93. The molecule has 0 saturated carbocycles. The number of carbonyl (C=O) groups is 2. The molecule has 1 aromatic heterocycles. The van der Waals surface area contributed by atoms with Gasteiger partial charge >= 0.3 is 0 Å². The molecule has 2 heterocycles. The lowest BCUT2D eigenvalue weighted by Gasteiger charge is -2.26. The molecular weight excluding hydrogens is 392 g/mol. The Morgan fingerprint density at radius 1 is 1.03 bits per heavy atom. The summed E-state index contributed by atoms with van der Waals surface area (Å²) in [4.78, 5) is 28.3. The maximum absolute atomic E-state index is 12.8. The highest BCUT2D eigenvalue weighted by Gasteiger charge is 2.44. The van der Waals surface area contributed by atoms with Crippen molar-refractivity contribution in [2.75, 3.05) is 13.1 Å². The normalized spacial score (nSPS) is 18.5. The Morgan fingerprint density at radius 3 is 2.37 bits per heavy atom. The fourth-order valence-electron chi connectivity index (χ4n) is 4.13. The molecule has 30 heavy (non-hydrogen) atoms. The summed E-state index contributed by atoms with van der Waals surface area (Å²) in [6, 6.07) is 20.4. The van der Waals surface area contributed by atoms with E-state index in [1.54, 1.807) is 16.2 Å². The Hall–Kier alpha value is -2.92. The number of amides is 2. The summed E-state index contributed by atoms with van der Waals surface area (Å²) in [7, 11) is 0. The van der Waals surface area contributed by atoms with Gasteiger partial charge in [-0.1, -0.05) is 60.2 Å². The molecule has 2 N–H and O–H groups in total. The van der Waals surface area contributed by atoms with Gasteiger partial charge in [-0.3, -0.25) is 9.59 Å². The largest absolute Gasteiger partial charge is 0.369 e. The first-order chi connectivity index (χ1) is 14.4. The van der Waals surface area contributed by atoms with Crippen LogP contribution in [0.5, 0.6) is 0 Å². The van der Waals surface area contributed by atoms with E-state index in [-0.39, 0.29) is 11.8 Å². The van der Waals surface area contributed by atoms with Crippen molar-refractivity contribution in [1.29, 1.82) is 0 Å². The summed E-state index contributed by atoms with van der Waals surface area (Å²) in [6.07, 6.45) is 1.51. The number of hydrogen-bond donors (Lipinski definition) is 1. The topological polar surface area (TPSA) is 63.4 Å². The number of rotatable bonds is 6. The summed E-state index contributed by atoms with van der Waals surface area (Å²) >= 11 is 1.71. The second-order valence-electron chi connectivity index (χ2n) is 8.22. The van der Waals surface area contributed by atoms with Crippen molar-refractivity contribution in [3.63, 3.8) is 0 Å². The molecule has 2 aromatic carbocycles. The quantitative estimate of drug-likeness (QED) is 0.652. The Kier molecular flexibility index (Phi) is 5.73. The van der Waals surface area contributed by atoms with Gasteiger partial charge < -0.3 is 10.6 Å². The average Bonchev–Trinajstić information content (AvgIpc) is 3.41. The third-order valence-electron chi connectivity index (χ3n) is 6.01. The SMILES string of the molecule is Cc1ccc(CC(=O)N2CC[C@](Cc3ccc(-c4cccs4)cc3)(C(N)=O)C2)cc1. The monoisotopic (exact) mass is 418 g/mol. The van der Waals surface area contributed by atoms with E-state index in [0.717, 1.165) is 11.1 Å². The van der Waals surface area contributed by atoms with Crippen LogP contribution < -0.4 is 5.73 Å². The lowest BCUT2D eigenvalue weighted by molar-refractivity contribution is -0.131. The van der Waals surface area contributed by atoms with Crippen LogP contribution in [0.15, 0.2) is 66.0 Å². The maximum Gasteiger partial charge on any atom is 0.227 e. The number of benzene rings is 2. The molecule has 3 aromatic rings. The number of nitrogens with zero attached hydrogens (tertiary/aromatic N) is 1. The zero-order valence-electron chi connectivity index (χ0n) is 17.1. The first-order valence-electron chi connectivity index (χ1n) is 10.2. The predicted octanol–water partition coefficient (Wildman–Crippen LogP) is 4.21. The van der Waals surface area contributed by atoms with Gasteiger partial charge in [0.1, 0.15) is 0 Å². The first-order valence-corrected chi connectivity index (χ1v) is 11.1. The highest BCUT2D eigenvalue weighted by Crippen LogP contribution is 2.35. The van der Waals surface area contributed by atoms with E-state index in [9.17, 15) is 9.59 Å². The molecule has 0 radical (unpaired) electrons. The molecule has 4 rings (SSSR count). The lowest BCUT2D eigenvalue weighted by Crippen LogP contribution is -2.42. The molecule has 1 aliphatic heterocycles. The fourth-order valence-corrected chi connectivity index (χ4v) is 4.86. The van der Waals surface area contributed by atoms with Gasteiger partial charge in [-0.2, -0.15) is 0 Å². The van der Waals surface area contributed by atoms with E-state index < -0.39 is 5.41 Å². The molecule has 1 atom stereocenters. The van der Waals surface area contributed by atoms with Crippen LogP contribution in [0.3, 0.4) is 0 Å². The molecular formula is C25H26N2O2S. The van der Waals surface area contributed by atoms with E-state index in [4.69, 9.17) is 5.73 Å². The van der Waals surface area contributed by atoms with Crippen molar-refractivity contribution in [1.82, 2.24) is 4.90 Å². The van der Waals surface area contributed by atoms with Gasteiger partial charge in [0.05, 0.1) is 11.8 Å². The zero-order chi connectivity index (χ0) is 21.1. The Bertz CT molecular complexity index is 1030. The van der Waals surface area contributed by atoms with Crippen LogP contribution in [-0.4, -0.2) is 29.8 Å². The number of thiophene rings is 1. The Labute approximate surface area is 181 Å². The summed E-state index contributed by atoms with van der Waals surface area (Å²) in [5.41, 5.74) is 9.55. The standard InChI is InChI=1S/C25H26N2O2S/c1-18-4-6-19(7-5-18)15-23(28)27-13-12-25(17-27,24(26)29)16-20-8-10-21(11-9-20)22-3-2-14-30-22/h2-11,14H,12-13,15-17H2,1H3,(H2,26,29)/t25-/m1/s1. The molecule has 2 amide bonds. The molecule has 0 unspecified atom stereocenters. The molecule has 4 nitrogen and oxygen atoms in total. The highest BCUT2D eigenvalue weighted by molar-refractivity contribution is 7.13. The lowest BCUT2D eigenvalue weighted by atomic mass is 9.80. The van der Waals surface area contributed by atoms with E-state index in [2.05, 4.69) is 35.7 Å². The zero-order valence-corrected chi connectivity index (χ0v) is 18.0. The minimum Gasteiger partial charge on any atom is -0.369 e. The summed E-state index contributed by atoms with van der Waals surface area (Å²) in [6.45, 7) is 2.99. The molecule has 5 heteroatoms. The van der Waals surface area contributed by atoms with Gasteiger partial charge in [0.15, 0.2) is 0 Å². The van der Waals surface area contributed by atoms with Gasteiger partial charge in [-0.15, -0.1) is 11.3 Å². The van der Waals surface area contributed by atoms with Crippen LogP contribution in [0, 0.1) is 12.3 Å². The van der Waals surface area contributed by atoms with Crippen molar-refractivity contribution >= 4 is 23.2 Å². The maximum atomic E-state index is 12.8. The number of carbonyl (C=O) groups excluding carboxylic acids is 2. The van der Waals surface area contributed by atoms with Crippen LogP contribution in [-0.2, 0) is 22.4 Å². The van der Waals surface area contributed by atoms with Crippen molar-refractivity contribution in [2.45, 2.75) is 26.2 Å². The van der Waals surface area contributed by atoms with Crippen LogP contribution in [0.1, 0.15) is 23.1 Å². The van der Waals surface area contributed by atoms with Crippen molar-refractivity contribution < 1.29 is 9.59 Å². The van der Waals surface area contributed by atoms with E-state index >= 15 is 0 Å². The highest BCUT2D eigenvalue weighted by atomic mass is 32.1. The van der Waals surface area contributed by atoms with Crippen LogP contribution in [0.25, 0.3) is 10.4 Å². The minimum absolute atomic E-state index is 0.0509. The number of hydrogen-bond acceptors (Lipinski definition) is 3. The predicted molar refractivity (Wildman–Crippen MR) is 121 cm³/mol. The number of likely N-dealkylation sites (tertiary alicyclic amines) is 1. The van der Waals surface area contributed by atoms with Crippen molar-refractivity contribution in [3.8, 4) is 10.4 Å². The second-order valence-corrected chi connectivity index (χ2v) is 9.17. The minimum atomic E-state index is -0.701. The van der Waals surface area contributed by atoms with Crippen LogP contribution >= 0.6 is 11.3 Å². The molecule has 154 valence electrons. The van der Waals surface area contributed by atoms with Gasteiger partial charge in [-0.25, -0.2) is 0 Å². The number of aryl methyl sites for hydroxylation is 1. The number of nitrogens with two attached hydrogens (primary N) is 1. The van der Waals surface area contributed by atoms with E-state index in [0.29, 0.717) is 32.4 Å². The van der Waals surface area contributed by atoms with E-state index in [1.807, 2.05) is 37.3 Å². The molecule has 1 aliphatic rings. The van der Waals surface area contributed by atoms with Crippen molar-refractivity contribution in [3.05, 3.63) is 82.7 Å². The van der Waals surface area contributed by atoms with E-state index in [1.165, 1.54) is 16.0 Å². The molecule has 0 bridgehead atoms. The van der Waals surface area contributed by atoms with Crippen LogP contribution in [0.4, 0.5) is 0 Å². The third kappa shape index (κ3) is 4.31. The molecule has 1 fully saturated rings. The molecule has 1 saturated heterocycles. The van der Waals surface area contributed by atoms with Gasteiger partial charge in [0.2, 0.25) is 11.8 Å². The fraction of sp³-hybridized carbons (Fsp3) is 0.280.